The lowest BCUT2D eigenvalue weighted by molar-refractivity contribution is -0.139. The van der Waals surface area contributed by atoms with Gasteiger partial charge in [-0.15, -0.1) is 0 Å². The predicted molar refractivity (Wildman–Crippen MR) is 159 cm³/mol. The Morgan fingerprint density at radius 2 is 1.49 bits per heavy atom. The molecule has 0 aliphatic heterocycles. The molecule has 0 bridgehead atoms. The molecule has 0 unspecified atom stereocenters. The third-order valence-corrected chi connectivity index (χ3v) is 8.20. The van der Waals surface area contributed by atoms with Gasteiger partial charge in [0, 0.05) is 13.1 Å². The molecule has 0 saturated heterocycles. The summed E-state index contributed by atoms with van der Waals surface area (Å²) in [4.78, 5) is 28.4. The average molecular weight is 582 g/mol. The van der Waals surface area contributed by atoms with Crippen LogP contribution in [0.1, 0.15) is 33.3 Å². The number of nitrogens with zero attached hydrogens (tertiary/aromatic N) is 2. The van der Waals surface area contributed by atoms with Crippen LogP contribution >= 0.6 is 0 Å². The van der Waals surface area contributed by atoms with Gasteiger partial charge in [0.25, 0.3) is 10.0 Å². The van der Waals surface area contributed by atoms with Crippen LogP contribution < -0.4 is 19.1 Å². The van der Waals surface area contributed by atoms with Gasteiger partial charge >= 0.3 is 0 Å². The quantitative estimate of drug-likeness (QED) is 0.301. The van der Waals surface area contributed by atoms with E-state index in [0.29, 0.717) is 30.3 Å². The van der Waals surface area contributed by atoms with Crippen molar-refractivity contribution in [2.24, 2.45) is 5.92 Å². The largest absolute Gasteiger partial charge is 0.497 e. The summed E-state index contributed by atoms with van der Waals surface area (Å²) >= 11 is 0. The number of carbonyl (C=O) groups excluding carboxylic acids is 2. The molecule has 0 aliphatic rings. The molecular formula is C31H39N3O6S. The number of hydrogen-bond acceptors (Lipinski definition) is 6. The molecule has 1 atom stereocenters. The zero-order valence-electron chi connectivity index (χ0n) is 24.2. The fraction of sp³-hybridized carbons (Fsp3) is 0.355. The molecule has 0 spiro atoms. The summed E-state index contributed by atoms with van der Waals surface area (Å²) < 4.78 is 39.5. The van der Waals surface area contributed by atoms with Crippen LogP contribution in [-0.4, -0.2) is 58.0 Å². The number of ether oxygens (including phenoxy) is 2. The summed E-state index contributed by atoms with van der Waals surface area (Å²) in [6.07, 6.45) is 0. The first-order valence-electron chi connectivity index (χ1n) is 13.6. The van der Waals surface area contributed by atoms with Gasteiger partial charge in [0.15, 0.2) is 0 Å². The molecule has 0 radical (unpaired) electrons. The number of para-hydroxylation sites is 1. The van der Waals surface area contributed by atoms with Gasteiger partial charge in [-0.05, 0) is 73.9 Å². The van der Waals surface area contributed by atoms with Crippen LogP contribution in [0.2, 0.25) is 0 Å². The van der Waals surface area contributed by atoms with E-state index in [1.54, 1.807) is 68.6 Å². The standard InChI is InChI=1S/C31H39N3O6S/c1-6-40-28-16-18-29(19-17-28)41(37,38)34(26-10-8-7-9-11-26)22-30(35)33(24(4)31(36)32-20-23(2)3)21-25-12-14-27(39-5)15-13-25/h7-19,23-24H,6,20-22H2,1-5H3,(H,32,36)/t24-/m1/s1. The molecule has 3 aromatic carbocycles. The van der Waals surface area contributed by atoms with E-state index in [1.165, 1.54) is 17.0 Å². The van der Waals surface area contributed by atoms with Gasteiger partial charge in [0.2, 0.25) is 11.8 Å². The zero-order chi connectivity index (χ0) is 30.0. The Hall–Kier alpha value is -4.05. The van der Waals surface area contributed by atoms with Crippen molar-refractivity contribution in [1.29, 1.82) is 0 Å². The van der Waals surface area contributed by atoms with Gasteiger partial charge in [0.05, 0.1) is 24.3 Å². The summed E-state index contributed by atoms with van der Waals surface area (Å²) in [5, 5.41) is 2.88. The summed E-state index contributed by atoms with van der Waals surface area (Å²) in [7, 11) is -2.59. The number of nitrogens with one attached hydrogen (secondary N) is 1. The number of anilines is 1. The van der Waals surface area contributed by atoms with Crippen molar-refractivity contribution >= 4 is 27.5 Å². The lowest BCUT2D eigenvalue weighted by atomic mass is 10.1. The van der Waals surface area contributed by atoms with E-state index in [2.05, 4.69) is 5.32 Å². The maximum absolute atomic E-state index is 14.0. The maximum atomic E-state index is 14.0. The molecule has 220 valence electrons. The van der Waals surface area contributed by atoms with E-state index in [4.69, 9.17) is 9.47 Å². The molecule has 2 amide bonds. The minimum absolute atomic E-state index is 0.0158. The van der Waals surface area contributed by atoms with Gasteiger partial charge in [-0.2, -0.15) is 0 Å². The van der Waals surface area contributed by atoms with Crippen LogP contribution in [0, 0.1) is 5.92 Å². The Balaban J connectivity index is 1.97. The maximum Gasteiger partial charge on any atom is 0.264 e. The first-order valence-corrected chi connectivity index (χ1v) is 15.0. The molecule has 9 nitrogen and oxygen atoms in total. The summed E-state index contributed by atoms with van der Waals surface area (Å²) in [5.74, 6) is 0.587. The Morgan fingerprint density at radius 1 is 0.878 bits per heavy atom. The van der Waals surface area contributed by atoms with E-state index < -0.39 is 28.5 Å². The first-order chi connectivity index (χ1) is 19.6. The smallest absolute Gasteiger partial charge is 0.264 e. The van der Waals surface area contributed by atoms with Crippen LogP contribution in [0.15, 0.2) is 83.8 Å². The van der Waals surface area contributed by atoms with Gasteiger partial charge in [0.1, 0.15) is 24.1 Å². The Labute approximate surface area is 243 Å². The molecular weight excluding hydrogens is 542 g/mol. The molecule has 41 heavy (non-hydrogen) atoms. The number of benzene rings is 3. The van der Waals surface area contributed by atoms with Gasteiger partial charge < -0.3 is 19.7 Å². The highest BCUT2D eigenvalue weighted by molar-refractivity contribution is 7.92. The highest BCUT2D eigenvalue weighted by Crippen LogP contribution is 2.26. The Morgan fingerprint density at radius 3 is 2.05 bits per heavy atom. The molecule has 1 N–H and O–H groups in total. The van der Waals surface area contributed by atoms with Gasteiger partial charge in [-0.3, -0.25) is 13.9 Å². The van der Waals surface area contributed by atoms with Gasteiger partial charge in [-0.1, -0.05) is 44.2 Å². The monoisotopic (exact) mass is 581 g/mol. The summed E-state index contributed by atoms with van der Waals surface area (Å²) in [6, 6.07) is 20.8. The second-order valence-electron chi connectivity index (χ2n) is 9.94. The van der Waals surface area contributed by atoms with Crippen molar-refractivity contribution in [2.75, 3.05) is 31.1 Å². The topological polar surface area (TPSA) is 105 Å². The van der Waals surface area contributed by atoms with Crippen molar-refractivity contribution in [3.63, 3.8) is 0 Å². The third-order valence-electron chi connectivity index (χ3n) is 6.41. The fourth-order valence-corrected chi connectivity index (χ4v) is 5.50. The number of sulfonamides is 1. The SMILES string of the molecule is CCOc1ccc(S(=O)(=O)N(CC(=O)N(Cc2ccc(OC)cc2)[C@H](C)C(=O)NCC(C)C)c2ccccc2)cc1. The molecule has 3 aromatic rings. The molecule has 0 aliphatic carbocycles. The second-order valence-corrected chi connectivity index (χ2v) is 11.8. The van der Waals surface area contributed by atoms with Crippen LogP contribution in [0.25, 0.3) is 0 Å². The van der Waals surface area contributed by atoms with Gasteiger partial charge in [-0.25, -0.2) is 8.42 Å². The van der Waals surface area contributed by atoms with Crippen molar-refractivity contribution in [2.45, 2.75) is 45.2 Å². The minimum Gasteiger partial charge on any atom is -0.497 e. The lowest BCUT2D eigenvalue weighted by Gasteiger charge is -2.32. The average Bonchev–Trinajstić information content (AvgIpc) is 2.98. The normalized spacial score (nSPS) is 12.0. The number of amides is 2. The molecule has 0 saturated carbocycles. The molecule has 0 fully saturated rings. The predicted octanol–water partition coefficient (Wildman–Crippen LogP) is 4.48. The number of hydrogen-bond donors (Lipinski definition) is 1. The number of carbonyl (C=O) groups is 2. The fourth-order valence-electron chi connectivity index (χ4n) is 4.09. The van der Waals surface area contributed by atoms with E-state index in [0.717, 1.165) is 9.87 Å². The second kappa shape index (κ2) is 14.5. The van der Waals surface area contributed by atoms with E-state index in [-0.39, 0.29) is 23.3 Å². The highest BCUT2D eigenvalue weighted by atomic mass is 32.2. The van der Waals surface area contributed by atoms with Crippen LogP contribution in [0.4, 0.5) is 5.69 Å². The van der Waals surface area contributed by atoms with Crippen molar-refractivity contribution in [3.05, 3.63) is 84.4 Å². The van der Waals surface area contributed by atoms with Crippen molar-refractivity contribution < 1.29 is 27.5 Å². The minimum atomic E-state index is -4.15. The van der Waals surface area contributed by atoms with E-state index in [9.17, 15) is 18.0 Å². The molecule has 3 rings (SSSR count). The van der Waals surface area contributed by atoms with Crippen molar-refractivity contribution in [3.8, 4) is 11.5 Å². The Kier molecular flexibility index (Phi) is 11.2. The summed E-state index contributed by atoms with van der Waals surface area (Å²) in [5.41, 5.74) is 1.10. The summed E-state index contributed by atoms with van der Waals surface area (Å²) in [6.45, 7) is 7.95. The lowest BCUT2D eigenvalue weighted by Crippen LogP contribution is -2.51. The van der Waals surface area contributed by atoms with Crippen LogP contribution in [0.5, 0.6) is 11.5 Å². The Bertz CT molecular complexity index is 1380. The van der Waals surface area contributed by atoms with Crippen molar-refractivity contribution in [1.82, 2.24) is 10.2 Å². The van der Waals surface area contributed by atoms with E-state index in [1.807, 2.05) is 32.9 Å². The number of methoxy groups -OCH3 is 1. The van der Waals surface area contributed by atoms with Crippen LogP contribution in [-0.2, 0) is 26.2 Å². The third kappa shape index (κ3) is 8.47. The number of rotatable bonds is 14. The zero-order valence-corrected chi connectivity index (χ0v) is 25.1. The molecule has 10 heteroatoms. The first kappa shape index (κ1) is 31.5. The highest BCUT2D eigenvalue weighted by Gasteiger charge is 2.32. The molecule has 0 heterocycles. The molecule has 0 aromatic heterocycles. The van der Waals surface area contributed by atoms with Crippen LogP contribution in [0.3, 0.4) is 0 Å². The van der Waals surface area contributed by atoms with E-state index >= 15 is 0 Å².